The largest absolute Gasteiger partial charge is 0.355 e. The lowest BCUT2D eigenvalue weighted by Gasteiger charge is -2.21. The second kappa shape index (κ2) is 12.4. The number of H-pyrrole nitrogens is 1. The van der Waals surface area contributed by atoms with Gasteiger partial charge >= 0.3 is 0 Å². The van der Waals surface area contributed by atoms with E-state index in [4.69, 9.17) is 0 Å². The third-order valence-corrected chi connectivity index (χ3v) is 8.16. The van der Waals surface area contributed by atoms with Crippen molar-refractivity contribution < 1.29 is 4.57 Å². The van der Waals surface area contributed by atoms with Gasteiger partial charge in [0.1, 0.15) is 0 Å². The molecule has 0 radical (unpaired) electrons. The van der Waals surface area contributed by atoms with Gasteiger partial charge in [-0.25, -0.2) is 0 Å². The molecule has 6 rings (SSSR count). The van der Waals surface area contributed by atoms with E-state index >= 15 is 0 Å². The second-order valence-electron chi connectivity index (χ2n) is 12.5. The fourth-order valence-corrected chi connectivity index (χ4v) is 5.94. The molecule has 6 aromatic rings. The molecule has 0 amide bonds. The smallest absolute Gasteiger partial charge is 0.268 e. The maximum atomic E-state index is 3.66. The molecule has 3 heteroatoms. The predicted octanol–water partition coefficient (Wildman–Crippen LogP) is 10.4. The number of fused-ring (bicyclic) bond motifs is 3. The van der Waals surface area contributed by atoms with Gasteiger partial charge in [-0.05, 0) is 58.1 Å². The van der Waals surface area contributed by atoms with Crippen molar-refractivity contribution in [2.24, 2.45) is 0 Å². The molecule has 0 bridgehead atoms. The molecule has 1 N–H and O–H groups in total. The molecule has 0 aliphatic carbocycles. The van der Waals surface area contributed by atoms with Crippen molar-refractivity contribution in [1.29, 1.82) is 0 Å². The van der Waals surface area contributed by atoms with Crippen LogP contribution in [0.4, 0.5) is 0 Å². The van der Waals surface area contributed by atoms with E-state index in [0.29, 0.717) is 23.7 Å². The number of nitrogens with zero attached hydrogens (tertiary/aromatic N) is 2. The lowest BCUT2D eigenvalue weighted by molar-refractivity contribution is -0.600. The van der Waals surface area contributed by atoms with Gasteiger partial charge in [-0.15, -0.1) is 0 Å². The van der Waals surface area contributed by atoms with Crippen molar-refractivity contribution in [3.63, 3.8) is 0 Å². The van der Waals surface area contributed by atoms with Crippen molar-refractivity contribution in [2.45, 2.75) is 79.1 Å². The maximum absolute atomic E-state index is 3.66. The number of rotatable bonds is 6. The van der Waals surface area contributed by atoms with Gasteiger partial charge in [0.25, 0.3) is 6.33 Å². The Hall–Kier alpha value is -4.11. The highest BCUT2D eigenvalue weighted by molar-refractivity contribution is 6.06. The van der Waals surface area contributed by atoms with Gasteiger partial charge in [0, 0.05) is 34.2 Å². The van der Waals surface area contributed by atoms with Crippen LogP contribution in [0.3, 0.4) is 0 Å². The first-order chi connectivity index (χ1) is 20.2. The molecular formula is C39H45N3. The van der Waals surface area contributed by atoms with Gasteiger partial charge in [0.05, 0.1) is 11.4 Å². The molecule has 0 fully saturated rings. The highest BCUT2D eigenvalue weighted by Gasteiger charge is 2.19. The van der Waals surface area contributed by atoms with Crippen LogP contribution < -0.4 is 4.57 Å². The van der Waals surface area contributed by atoms with Crippen LogP contribution in [0.1, 0.15) is 101 Å². The summed E-state index contributed by atoms with van der Waals surface area (Å²) >= 11 is 0. The molecule has 0 aliphatic heterocycles. The molecular weight excluding hydrogens is 510 g/mol. The number of nitrogens with one attached hydrogen (secondary N) is 1. The average molecular weight is 556 g/mol. The van der Waals surface area contributed by atoms with Crippen LogP contribution in [-0.2, 0) is 0 Å². The van der Waals surface area contributed by atoms with E-state index in [-0.39, 0.29) is 0 Å². The molecule has 42 heavy (non-hydrogen) atoms. The first-order valence-corrected chi connectivity index (χ1v) is 15.4. The van der Waals surface area contributed by atoms with E-state index in [1.807, 2.05) is 0 Å². The van der Waals surface area contributed by atoms with Crippen LogP contribution in [0, 0.1) is 6.33 Å². The van der Waals surface area contributed by atoms with Gasteiger partial charge in [0.2, 0.25) is 0 Å². The fourth-order valence-electron chi connectivity index (χ4n) is 5.94. The molecule has 0 aliphatic rings. The van der Waals surface area contributed by atoms with Gasteiger partial charge in [-0.1, -0.05) is 128 Å². The van der Waals surface area contributed by atoms with E-state index in [0.717, 1.165) is 0 Å². The Morgan fingerprint density at radius 2 is 0.976 bits per heavy atom. The standard InChI is InChI=1S/C27H36N2.C12H9N/c1-18(2)22-11-9-12-23(19(3)4)26(22)28-15-16-29(17-28)27-24(20(5)6)13-10-14-25(27)21(7)8;1-3-7-11-9(5-1)10-6-2-4-8-12(10)13-11/h9-16,18-21H,1-8H3;1-8,13H. The summed E-state index contributed by atoms with van der Waals surface area (Å²) in [6.45, 7) is 18.2. The van der Waals surface area contributed by atoms with Gasteiger partial charge in [-0.2, -0.15) is 0 Å². The zero-order valence-corrected chi connectivity index (χ0v) is 26.4. The summed E-state index contributed by atoms with van der Waals surface area (Å²) in [5, 5.41) is 2.61. The number of hydrogen-bond donors (Lipinski definition) is 1. The quantitative estimate of drug-likeness (QED) is 0.156. The Labute approximate surface area is 251 Å². The third kappa shape index (κ3) is 5.79. The second-order valence-corrected chi connectivity index (χ2v) is 12.5. The van der Waals surface area contributed by atoms with E-state index in [2.05, 4.69) is 173 Å². The number of para-hydroxylation sites is 4. The molecule has 4 aromatic carbocycles. The Morgan fingerprint density at radius 1 is 0.548 bits per heavy atom. The van der Waals surface area contributed by atoms with E-state index in [9.17, 15) is 0 Å². The van der Waals surface area contributed by atoms with Crippen LogP contribution in [0.15, 0.2) is 97.3 Å². The van der Waals surface area contributed by atoms with Crippen molar-refractivity contribution in [3.8, 4) is 11.4 Å². The molecule has 0 atom stereocenters. The normalized spacial score (nSPS) is 11.7. The van der Waals surface area contributed by atoms with Crippen molar-refractivity contribution in [3.05, 3.63) is 126 Å². The molecule has 2 heterocycles. The molecule has 3 nitrogen and oxygen atoms in total. The number of aromatic nitrogens is 3. The number of hydrogen-bond acceptors (Lipinski definition) is 0. The van der Waals surface area contributed by atoms with E-state index < -0.39 is 0 Å². The molecule has 2 aromatic heterocycles. The van der Waals surface area contributed by atoms with Gasteiger partial charge in [-0.3, -0.25) is 9.13 Å². The molecule has 216 valence electrons. The van der Waals surface area contributed by atoms with Crippen LogP contribution in [0.25, 0.3) is 33.2 Å². The van der Waals surface area contributed by atoms with Crippen molar-refractivity contribution in [1.82, 2.24) is 9.55 Å². The minimum atomic E-state index is 0.460. The minimum absolute atomic E-state index is 0.460. The lowest BCUT2D eigenvalue weighted by atomic mass is 9.92. The van der Waals surface area contributed by atoms with Crippen LogP contribution >= 0.6 is 0 Å². The first-order valence-electron chi connectivity index (χ1n) is 15.4. The van der Waals surface area contributed by atoms with E-state index in [1.165, 1.54) is 55.4 Å². The summed E-state index contributed by atoms with van der Waals surface area (Å²) in [5.41, 5.74) is 10.5. The SMILES string of the molecule is CC(C)c1cccc(C(C)C)c1-n1[c-][n+](-c2c(C(C)C)cccc2C(C)C)cc1.c1ccc2c(c1)[nH]c1ccccc12. The summed E-state index contributed by atoms with van der Waals surface area (Å²) < 4.78 is 4.40. The van der Waals surface area contributed by atoms with Crippen LogP contribution in [-0.4, -0.2) is 9.55 Å². The van der Waals surface area contributed by atoms with Crippen LogP contribution in [0.5, 0.6) is 0 Å². The Bertz CT molecular complexity index is 1610. The third-order valence-electron chi connectivity index (χ3n) is 8.16. The number of benzene rings is 4. The molecule has 0 unspecified atom stereocenters. The first kappa shape index (κ1) is 29.4. The topological polar surface area (TPSA) is 24.6 Å². The summed E-state index contributed by atoms with van der Waals surface area (Å²) in [4.78, 5) is 3.38. The zero-order chi connectivity index (χ0) is 30.0. The Morgan fingerprint density at radius 3 is 1.43 bits per heavy atom. The Balaban J connectivity index is 0.000000222. The van der Waals surface area contributed by atoms with Gasteiger partial charge < -0.3 is 4.98 Å². The van der Waals surface area contributed by atoms with Crippen molar-refractivity contribution in [2.75, 3.05) is 0 Å². The zero-order valence-electron chi connectivity index (χ0n) is 26.4. The summed E-state index contributed by atoms with van der Waals surface area (Å²) in [7, 11) is 0. The number of imidazole rings is 1. The number of aromatic amines is 1. The molecule has 0 saturated heterocycles. The summed E-state index contributed by atoms with van der Waals surface area (Å²) in [5.74, 6) is 1.84. The van der Waals surface area contributed by atoms with Gasteiger partial charge in [0.15, 0.2) is 0 Å². The van der Waals surface area contributed by atoms with Crippen LogP contribution in [0.2, 0.25) is 0 Å². The minimum Gasteiger partial charge on any atom is -0.355 e. The highest BCUT2D eigenvalue weighted by Crippen LogP contribution is 2.32. The predicted molar refractivity (Wildman–Crippen MR) is 178 cm³/mol. The maximum Gasteiger partial charge on any atom is 0.268 e. The van der Waals surface area contributed by atoms with Crippen molar-refractivity contribution >= 4 is 21.8 Å². The molecule has 0 spiro atoms. The Kier molecular flexibility index (Phi) is 8.68. The molecule has 0 saturated carbocycles. The lowest BCUT2D eigenvalue weighted by Crippen LogP contribution is -2.32. The fraction of sp³-hybridized carbons (Fsp3) is 0.308. The summed E-state index contributed by atoms with van der Waals surface area (Å²) in [6, 6.07) is 30.2. The highest BCUT2D eigenvalue weighted by atomic mass is 15.1. The summed E-state index contributed by atoms with van der Waals surface area (Å²) in [6.07, 6.45) is 7.98. The average Bonchev–Trinajstić information content (AvgIpc) is 3.61. The monoisotopic (exact) mass is 555 g/mol. The van der Waals surface area contributed by atoms with E-state index in [1.54, 1.807) is 0 Å².